The molecular formula is C21H26FIN4OS. The second-order valence-electron chi connectivity index (χ2n) is 6.30. The van der Waals surface area contributed by atoms with Crippen molar-refractivity contribution in [2.75, 3.05) is 25.4 Å². The summed E-state index contributed by atoms with van der Waals surface area (Å²) < 4.78 is 25.8. The van der Waals surface area contributed by atoms with Crippen LogP contribution in [0, 0.1) is 5.82 Å². The van der Waals surface area contributed by atoms with Gasteiger partial charge in [-0.3, -0.25) is 9.20 Å². The Labute approximate surface area is 190 Å². The quantitative estimate of drug-likeness (QED) is 0.237. The molecule has 3 N–H and O–H groups in total. The van der Waals surface area contributed by atoms with E-state index in [0.717, 1.165) is 34.3 Å². The molecule has 0 bridgehead atoms. The monoisotopic (exact) mass is 528 g/mol. The number of rotatable bonds is 8. The minimum atomic E-state index is -1.05. The molecule has 156 valence electrons. The van der Waals surface area contributed by atoms with Crippen LogP contribution in [0.5, 0.6) is 0 Å². The average Bonchev–Trinajstić information content (AvgIpc) is 3.10. The van der Waals surface area contributed by atoms with E-state index in [1.807, 2.05) is 43.5 Å². The first-order valence-corrected chi connectivity index (χ1v) is 10.7. The Bertz CT molecular complexity index is 962. The summed E-state index contributed by atoms with van der Waals surface area (Å²) >= 11 is 0. The second kappa shape index (κ2) is 11.9. The molecule has 1 aromatic heterocycles. The maximum Gasteiger partial charge on any atom is 0.191 e. The zero-order valence-corrected chi connectivity index (χ0v) is 19.4. The third-order valence-corrected chi connectivity index (χ3v) is 5.66. The fraction of sp³-hybridized carbons (Fsp3) is 0.286. The summed E-state index contributed by atoms with van der Waals surface area (Å²) in [6.45, 7) is 3.87. The van der Waals surface area contributed by atoms with E-state index in [1.54, 1.807) is 12.1 Å². The first-order chi connectivity index (χ1) is 13.7. The van der Waals surface area contributed by atoms with Gasteiger partial charge in [-0.1, -0.05) is 18.2 Å². The van der Waals surface area contributed by atoms with Gasteiger partial charge in [-0.05, 0) is 49.2 Å². The van der Waals surface area contributed by atoms with Gasteiger partial charge in [0.2, 0.25) is 0 Å². The zero-order chi connectivity index (χ0) is 19.8. The van der Waals surface area contributed by atoms with Crippen molar-refractivity contribution in [3.05, 3.63) is 66.1 Å². The topological polar surface area (TPSA) is 69.3 Å². The molecule has 0 saturated carbocycles. The van der Waals surface area contributed by atoms with Crippen molar-refractivity contribution in [2.45, 2.75) is 18.2 Å². The molecule has 8 heteroatoms. The van der Waals surface area contributed by atoms with Gasteiger partial charge in [0, 0.05) is 40.8 Å². The summed E-state index contributed by atoms with van der Waals surface area (Å²) in [7, 11) is -1.05. The van der Waals surface area contributed by atoms with E-state index in [-0.39, 0.29) is 29.8 Å². The zero-order valence-electron chi connectivity index (χ0n) is 16.3. The maximum atomic E-state index is 13.5. The molecule has 3 rings (SSSR count). The molecule has 0 fully saturated rings. The van der Waals surface area contributed by atoms with Crippen molar-refractivity contribution in [1.29, 1.82) is 0 Å². The number of guanidine groups is 1. The van der Waals surface area contributed by atoms with Gasteiger partial charge in [-0.25, -0.2) is 4.39 Å². The van der Waals surface area contributed by atoms with Crippen LogP contribution < -0.4 is 10.6 Å². The molecule has 0 radical (unpaired) electrons. The highest BCUT2D eigenvalue weighted by molar-refractivity contribution is 14.0. The Hall–Kier alpha value is -1.94. The molecule has 5 nitrogen and oxygen atoms in total. The molecule has 0 aliphatic heterocycles. The lowest BCUT2D eigenvalue weighted by molar-refractivity contribution is 0.629. The van der Waals surface area contributed by atoms with Crippen LogP contribution >= 0.6 is 24.0 Å². The van der Waals surface area contributed by atoms with Crippen LogP contribution in [0.3, 0.4) is 0 Å². The molecule has 29 heavy (non-hydrogen) atoms. The van der Waals surface area contributed by atoms with Crippen molar-refractivity contribution < 1.29 is 8.60 Å². The standard InChI is InChI=1S/C21H25FN4OS.HI/c1-2-23-21(25-12-13-28(27)18-6-4-3-5-7-18)24-11-10-16-15-26-20-9-8-17(22)14-19(16)20;/h3-9,14-15,26H,2,10-13H2,1H3,(H2,23,24,25);1H. The van der Waals surface area contributed by atoms with Crippen LogP contribution in [0.15, 0.2) is 64.6 Å². The van der Waals surface area contributed by atoms with Gasteiger partial charge in [0.1, 0.15) is 5.82 Å². The highest BCUT2D eigenvalue weighted by Gasteiger charge is 2.06. The van der Waals surface area contributed by atoms with E-state index in [2.05, 4.69) is 20.6 Å². The molecule has 0 spiro atoms. The lowest BCUT2D eigenvalue weighted by Crippen LogP contribution is -2.38. The van der Waals surface area contributed by atoms with Crippen molar-refractivity contribution in [3.8, 4) is 0 Å². The van der Waals surface area contributed by atoms with Crippen molar-refractivity contribution in [1.82, 2.24) is 15.6 Å². The van der Waals surface area contributed by atoms with E-state index >= 15 is 0 Å². The third-order valence-electron chi connectivity index (χ3n) is 4.31. The van der Waals surface area contributed by atoms with Crippen molar-refractivity contribution in [2.24, 2.45) is 4.99 Å². The second-order valence-corrected chi connectivity index (χ2v) is 7.87. The van der Waals surface area contributed by atoms with Gasteiger partial charge in [0.25, 0.3) is 0 Å². The number of aliphatic imine (C=N–C) groups is 1. The SMILES string of the molecule is CCNC(=NCCS(=O)c1ccccc1)NCCc1c[nH]c2ccc(F)cc12.I. The number of nitrogens with zero attached hydrogens (tertiary/aromatic N) is 1. The van der Waals surface area contributed by atoms with Gasteiger partial charge < -0.3 is 15.6 Å². The van der Waals surface area contributed by atoms with Crippen LogP contribution in [0.1, 0.15) is 12.5 Å². The fourth-order valence-electron chi connectivity index (χ4n) is 2.95. The van der Waals surface area contributed by atoms with E-state index in [9.17, 15) is 8.60 Å². The number of H-pyrrole nitrogens is 1. The minimum Gasteiger partial charge on any atom is -0.361 e. The average molecular weight is 528 g/mol. The van der Waals surface area contributed by atoms with Gasteiger partial charge in [-0.2, -0.15) is 0 Å². The van der Waals surface area contributed by atoms with Gasteiger partial charge >= 0.3 is 0 Å². The predicted octanol–water partition coefficient (Wildman–Crippen LogP) is 3.83. The highest BCUT2D eigenvalue weighted by Crippen LogP contribution is 2.19. The summed E-state index contributed by atoms with van der Waals surface area (Å²) in [6.07, 6.45) is 2.66. The number of fused-ring (bicyclic) bond motifs is 1. The fourth-order valence-corrected chi connectivity index (χ4v) is 3.90. The Morgan fingerprint density at radius 3 is 2.72 bits per heavy atom. The number of hydrogen-bond acceptors (Lipinski definition) is 2. The molecule has 0 aliphatic rings. The number of aromatic nitrogens is 1. The molecule has 1 unspecified atom stereocenters. The Morgan fingerprint density at radius 1 is 1.17 bits per heavy atom. The maximum absolute atomic E-state index is 13.5. The number of hydrogen-bond donors (Lipinski definition) is 3. The molecule has 0 aliphatic carbocycles. The van der Waals surface area contributed by atoms with E-state index in [4.69, 9.17) is 0 Å². The molecule has 0 saturated heterocycles. The van der Waals surface area contributed by atoms with E-state index in [1.165, 1.54) is 6.07 Å². The first kappa shape index (κ1) is 23.3. The Morgan fingerprint density at radius 2 is 1.97 bits per heavy atom. The lowest BCUT2D eigenvalue weighted by Gasteiger charge is -2.11. The Balaban J connectivity index is 0.00000300. The van der Waals surface area contributed by atoms with Crippen LogP contribution in [0.4, 0.5) is 4.39 Å². The molecule has 3 aromatic rings. The molecule has 1 heterocycles. The molecule has 0 amide bonds. The van der Waals surface area contributed by atoms with Crippen LogP contribution in [-0.2, 0) is 17.2 Å². The molecule has 1 atom stereocenters. The lowest BCUT2D eigenvalue weighted by atomic mass is 10.1. The third kappa shape index (κ3) is 6.81. The number of benzene rings is 2. The van der Waals surface area contributed by atoms with Crippen molar-refractivity contribution >= 4 is 51.6 Å². The number of nitrogens with one attached hydrogen (secondary N) is 3. The normalized spacial score (nSPS) is 12.4. The molecule has 2 aromatic carbocycles. The van der Waals surface area contributed by atoms with Gasteiger partial charge in [0.05, 0.1) is 17.3 Å². The minimum absolute atomic E-state index is 0. The number of aromatic amines is 1. The first-order valence-electron chi connectivity index (χ1n) is 9.38. The van der Waals surface area contributed by atoms with E-state index in [0.29, 0.717) is 24.8 Å². The smallest absolute Gasteiger partial charge is 0.191 e. The van der Waals surface area contributed by atoms with Crippen LogP contribution in [-0.4, -0.2) is 40.5 Å². The molecular weight excluding hydrogens is 502 g/mol. The van der Waals surface area contributed by atoms with Gasteiger partial charge in [-0.15, -0.1) is 24.0 Å². The number of halogens is 2. The summed E-state index contributed by atoms with van der Waals surface area (Å²) in [5, 5.41) is 7.38. The summed E-state index contributed by atoms with van der Waals surface area (Å²) in [5.74, 6) is 0.934. The highest BCUT2D eigenvalue weighted by atomic mass is 127. The van der Waals surface area contributed by atoms with Crippen LogP contribution in [0.25, 0.3) is 10.9 Å². The summed E-state index contributed by atoms with van der Waals surface area (Å²) in [4.78, 5) is 8.50. The predicted molar refractivity (Wildman–Crippen MR) is 129 cm³/mol. The summed E-state index contributed by atoms with van der Waals surface area (Å²) in [6, 6.07) is 14.2. The largest absolute Gasteiger partial charge is 0.361 e. The Kier molecular flexibility index (Phi) is 9.59. The van der Waals surface area contributed by atoms with Gasteiger partial charge in [0.15, 0.2) is 5.96 Å². The summed E-state index contributed by atoms with van der Waals surface area (Å²) in [5.41, 5.74) is 1.99. The van der Waals surface area contributed by atoms with E-state index < -0.39 is 10.8 Å². The van der Waals surface area contributed by atoms with Crippen molar-refractivity contribution in [3.63, 3.8) is 0 Å². The van der Waals surface area contributed by atoms with Crippen LogP contribution in [0.2, 0.25) is 0 Å².